The molecule has 198 valence electrons. The molecule has 37 heavy (non-hydrogen) atoms. The molecule has 0 heterocycles. The van der Waals surface area contributed by atoms with Gasteiger partial charge in [0.15, 0.2) is 0 Å². The number of aryl methyl sites for hydroxylation is 1. The molecule has 1 atom stereocenters. The van der Waals surface area contributed by atoms with Gasteiger partial charge in [0.05, 0.1) is 30.3 Å². The first-order valence-electron chi connectivity index (χ1n) is 12.4. The summed E-state index contributed by atoms with van der Waals surface area (Å²) in [5, 5.41) is 2.99. The van der Waals surface area contributed by atoms with Crippen molar-refractivity contribution in [1.29, 1.82) is 0 Å². The minimum Gasteiger partial charge on any atom is -0.496 e. The molecule has 0 radical (unpaired) electrons. The number of anilines is 1. The molecule has 0 aliphatic heterocycles. The molecule has 1 N–H and O–H groups in total. The molecular weight excluding hydrogens is 488 g/mol. The molecule has 3 rings (SSSR count). The maximum atomic E-state index is 13.6. The van der Waals surface area contributed by atoms with Crippen molar-refractivity contribution in [3.63, 3.8) is 0 Å². The van der Waals surface area contributed by atoms with Crippen molar-refractivity contribution >= 4 is 21.6 Å². The fourth-order valence-corrected chi connectivity index (χ4v) is 5.66. The van der Waals surface area contributed by atoms with Crippen LogP contribution in [-0.2, 0) is 14.8 Å². The van der Waals surface area contributed by atoms with E-state index >= 15 is 0 Å². The number of hydrogen-bond acceptors (Lipinski definition) is 5. The molecule has 0 fully saturated rings. The van der Waals surface area contributed by atoms with Crippen LogP contribution in [0.1, 0.15) is 56.3 Å². The summed E-state index contributed by atoms with van der Waals surface area (Å²) in [4.78, 5) is 13.4. The maximum absolute atomic E-state index is 13.6. The molecule has 8 heteroatoms. The molecular formula is C29H36N2O5S. The van der Waals surface area contributed by atoms with Crippen LogP contribution >= 0.6 is 0 Å². The van der Waals surface area contributed by atoms with Crippen molar-refractivity contribution in [2.24, 2.45) is 0 Å². The highest BCUT2D eigenvalue weighted by Gasteiger charge is 2.28. The van der Waals surface area contributed by atoms with Gasteiger partial charge < -0.3 is 14.8 Å². The van der Waals surface area contributed by atoms with Crippen LogP contribution in [0.25, 0.3) is 0 Å². The van der Waals surface area contributed by atoms with Gasteiger partial charge in [0.1, 0.15) is 18.0 Å². The summed E-state index contributed by atoms with van der Waals surface area (Å²) in [5.74, 6) is 1.26. The highest BCUT2D eigenvalue weighted by molar-refractivity contribution is 7.92. The van der Waals surface area contributed by atoms with Crippen molar-refractivity contribution in [1.82, 2.24) is 5.32 Å². The monoisotopic (exact) mass is 524 g/mol. The lowest BCUT2D eigenvalue weighted by molar-refractivity contribution is -0.120. The third-order valence-corrected chi connectivity index (χ3v) is 7.93. The molecule has 7 nitrogen and oxygen atoms in total. The summed E-state index contributed by atoms with van der Waals surface area (Å²) < 4.78 is 39.3. The number of carbonyl (C=O) groups is 1. The Balaban J connectivity index is 1.90. The number of nitrogens with zero attached hydrogens (tertiary/aromatic N) is 1. The predicted octanol–water partition coefficient (Wildman–Crippen LogP) is 5.60. The maximum Gasteiger partial charge on any atom is 0.264 e. The van der Waals surface area contributed by atoms with Gasteiger partial charge in [-0.15, -0.1) is 0 Å². The van der Waals surface area contributed by atoms with Gasteiger partial charge in [0.2, 0.25) is 5.91 Å². The summed E-state index contributed by atoms with van der Waals surface area (Å²) in [6, 6.07) is 18.5. The Hall–Kier alpha value is -3.52. The van der Waals surface area contributed by atoms with E-state index in [-0.39, 0.29) is 23.4 Å². The predicted molar refractivity (Wildman–Crippen MR) is 147 cm³/mol. The quantitative estimate of drug-likeness (QED) is 0.353. The molecule has 3 aromatic carbocycles. The highest BCUT2D eigenvalue weighted by Crippen LogP contribution is 2.32. The molecule has 0 saturated carbocycles. The van der Waals surface area contributed by atoms with Crippen molar-refractivity contribution in [2.45, 2.75) is 51.5 Å². The Labute approximate surface area is 220 Å². The normalized spacial score (nSPS) is 12.2. The fourth-order valence-electron chi connectivity index (χ4n) is 4.22. The third kappa shape index (κ3) is 6.63. The van der Waals surface area contributed by atoms with E-state index < -0.39 is 15.9 Å². The number of nitrogens with one attached hydrogen (secondary N) is 1. The van der Waals surface area contributed by atoms with E-state index in [1.165, 1.54) is 12.1 Å². The number of carbonyl (C=O) groups excluding carboxylic acids is 1. The van der Waals surface area contributed by atoms with Crippen LogP contribution in [0.3, 0.4) is 0 Å². The van der Waals surface area contributed by atoms with E-state index in [0.29, 0.717) is 18.0 Å². The topological polar surface area (TPSA) is 84.9 Å². The van der Waals surface area contributed by atoms with Gasteiger partial charge in [0, 0.05) is 0 Å². The zero-order valence-corrected chi connectivity index (χ0v) is 23.1. The Kier molecular flexibility index (Phi) is 9.21. The minimum absolute atomic E-state index is 0.109. The lowest BCUT2D eigenvalue weighted by Gasteiger charge is -2.26. The largest absolute Gasteiger partial charge is 0.496 e. The van der Waals surface area contributed by atoms with Gasteiger partial charge in [-0.1, -0.05) is 32.0 Å². The van der Waals surface area contributed by atoms with Gasteiger partial charge in [-0.25, -0.2) is 8.42 Å². The zero-order chi connectivity index (χ0) is 27.2. The number of ether oxygens (including phenoxy) is 2. The first kappa shape index (κ1) is 28.1. The van der Waals surface area contributed by atoms with E-state index in [2.05, 4.69) is 25.2 Å². The van der Waals surface area contributed by atoms with E-state index in [1.807, 2.05) is 26.8 Å². The van der Waals surface area contributed by atoms with E-state index in [0.717, 1.165) is 26.7 Å². The average Bonchev–Trinajstić information content (AvgIpc) is 2.88. The number of benzene rings is 3. The summed E-state index contributed by atoms with van der Waals surface area (Å²) in [7, 11) is -2.35. The standard InChI is InChI=1S/C29H36N2O5S/c1-7-36-24-15-13-23(14-16-24)31(37(33,34)25-11-9-8-10-12-25)19-29(32)30-22(5)27-18-26(20(2)3)28(35-6)17-21(27)4/h8-18,20,22H,7,19H2,1-6H3,(H,30,32)/t22-/m1/s1. The average molecular weight is 525 g/mol. The van der Waals surface area contributed by atoms with E-state index in [9.17, 15) is 13.2 Å². The lowest BCUT2D eigenvalue weighted by atomic mass is 9.93. The molecule has 0 aliphatic carbocycles. The molecule has 0 aromatic heterocycles. The molecule has 3 aromatic rings. The molecule has 0 spiro atoms. The Morgan fingerprint density at radius 3 is 2.19 bits per heavy atom. The van der Waals surface area contributed by atoms with Gasteiger partial charge in [-0.05, 0) is 91.9 Å². The van der Waals surface area contributed by atoms with Gasteiger partial charge in [-0.2, -0.15) is 0 Å². The zero-order valence-electron chi connectivity index (χ0n) is 22.3. The number of sulfonamides is 1. The van der Waals surface area contributed by atoms with Crippen LogP contribution in [0.5, 0.6) is 11.5 Å². The number of methoxy groups -OCH3 is 1. The number of rotatable bonds is 11. The number of amides is 1. The van der Waals surface area contributed by atoms with Crippen LogP contribution in [0.4, 0.5) is 5.69 Å². The van der Waals surface area contributed by atoms with Crippen LogP contribution < -0.4 is 19.1 Å². The second-order valence-corrected chi connectivity index (χ2v) is 11.0. The van der Waals surface area contributed by atoms with Crippen molar-refractivity contribution in [2.75, 3.05) is 24.6 Å². The Bertz CT molecular complexity index is 1310. The smallest absolute Gasteiger partial charge is 0.264 e. The van der Waals surface area contributed by atoms with Crippen molar-refractivity contribution < 1.29 is 22.7 Å². The first-order valence-corrected chi connectivity index (χ1v) is 13.8. The van der Waals surface area contributed by atoms with Gasteiger partial charge >= 0.3 is 0 Å². The van der Waals surface area contributed by atoms with Crippen molar-refractivity contribution in [3.8, 4) is 11.5 Å². The van der Waals surface area contributed by atoms with Gasteiger partial charge in [-0.3, -0.25) is 9.10 Å². The Morgan fingerprint density at radius 2 is 1.62 bits per heavy atom. The minimum atomic E-state index is -3.99. The summed E-state index contributed by atoms with van der Waals surface area (Å²) >= 11 is 0. The van der Waals surface area contributed by atoms with Crippen LogP contribution in [0, 0.1) is 6.92 Å². The molecule has 0 unspecified atom stereocenters. The molecule has 0 bridgehead atoms. The van der Waals surface area contributed by atoms with Crippen LogP contribution in [0.15, 0.2) is 71.6 Å². The fraction of sp³-hybridized carbons (Fsp3) is 0.345. The first-order chi connectivity index (χ1) is 17.6. The third-order valence-electron chi connectivity index (χ3n) is 6.14. The Morgan fingerprint density at radius 1 is 0.973 bits per heavy atom. The SMILES string of the molecule is CCOc1ccc(N(CC(=O)N[C@H](C)c2cc(C(C)C)c(OC)cc2C)S(=O)(=O)c2ccccc2)cc1. The van der Waals surface area contributed by atoms with Gasteiger partial charge in [0.25, 0.3) is 10.0 Å². The lowest BCUT2D eigenvalue weighted by Crippen LogP contribution is -2.41. The second-order valence-electron chi connectivity index (χ2n) is 9.15. The van der Waals surface area contributed by atoms with Crippen molar-refractivity contribution in [3.05, 3.63) is 83.4 Å². The second kappa shape index (κ2) is 12.1. The number of hydrogen-bond donors (Lipinski definition) is 1. The molecule has 0 saturated heterocycles. The molecule has 0 aliphatic rings. The van der Waals surface area contributed by atoms with Crippen LogP contribution in [-0.4, -0.2) is 34.6 Å². The van der Waals surface area contributed by atoms with E-state index in [4.69, 9.17) is 9.47 Å². The summed E-state index contributed by atoms with van der Waals surface area (Å²) in [5.41, 5.74) is 3.36. The summed E-state index contributed by atoms with van der Waals surface area (Å²) in [6.45, 7) is 10.0. The summed E-state index contributed by atoms with van der Waals surface area (Å²) in [6.07, 6.45) is 0. The van der Waals surface area contributed by atoms with Crippen LogP contribution in [0.2, 0.25) is 0 Å². The molecule has 1 amide bonds. The van der Waals surface area contributed by atoms with E-state index in [1.54, 1.807) is 49.6 Å². The highest BCUT2D eigenvalue weighted by atomic mass is 32.2.